The number of oxazole rings is 1. The van der Waals surface area contributed by atoms with Crippen LogP contribution in [0.4, 0.5) is 0 Å². The number of benzene rings is 3. The molecule has 0 N–H and O–H groups in total. The molecule has 146 valence electrons. The van der Waals surface area contributed by atoms with Crippen molar-refractivity contribution in [3.8, 4) is 22.5 Å². The van der Waals surface area contributed by atoms with Crippen LogP contribution in [0.2, 0.25) is 0 Å². The van der Waals surface area contributed by atoms with E-state index in [4.69, 9.17) is 4.42 Å². The minimum Gasteiger partial charge on any atom is -0.440 e. The summed E-state index contributed by atoms with van der Waals surface area (Å²) in [5.41, 5.74) is 5.23. The van der Waals surface area contributed by atoms with Crippen molar-refractivity contribution in [1.82, 2.24) is 4.98 Å². The second-order valence-corrected chi connectivity index (χ2v) is 9.12. The van der Waals surface area contributed by atoms with Gasteiger partial charge in [-0.25, -0.2) is 13.4 Å². The molecule has 4 nitrogen and oxygen atoms in total. The van der Waals surface area contributed by atoms with Crippen LogP contribution in [0.1, 0.15) is 17.0 Å². The van der Waals surface area contributed by atoms with Crippen molar-refractivity contribution < 1.29 is 12.8 Å². The second kappa shape index (κ2) is 7.68. The molecule has 0 aliphatic heterocycles. The normalized spacial score (nSPS) is 11.5. The van der Waals surface area contributed by atoms with Gasteiger partial charge in [0.15, 0.2) is 21.5 Å². The van der Waals surface area contributed by atoms with E-state index >= 15 is 0 Å². The van der Waals surface area contributed by atoms with Crippen LogP contribution in [0, 0.1) is 6.92 Å². The lowest BCUT2D eigenvalue weighted by Gasteiger charge is -2.08. The van der Waals surface area contributed by atoms with Crippen molar-refractivity contribution in [3.63, 3.8) is 0 Å². The summed E-state index contributed by atoms with van der Waals surface area (Å²) in [6.45, 7) is 2.03. The Hall–Kier alpha value is -3.18. The highest BCUT2D eigenvalue weighted by molar-refractivity contribution is 7.90. The fourth-order valence-corrected chi connectivity index (χ4v) is 3.95. The van der Waals surface area contributed by atoms with Crippen molar-refractivity contribution in [3.05, 3.63) is 96.0 Å². The minimum atomic E-state index is -3.19. The lowest BCUT2D eigenvalue weighted by Crippen LogP contribution is -1.96. The number of rotatable bonds is 5. The average Bonchev–Trinajstić information content (AvgIpc) is 3.17. The molecule has 3 aromatic carbocycles. The third kappa shape index (κ3) is 4.30. The standard InChI is InChI=1S/C24H21NO3S/c1-17-14-20(23-16-25-24(28-23)15-18-6-4-3-5-7-18)10-13-22(17)19-8-11-21(12-9-19)29(2,26)27/h3-14,16H,15H2,1-2H3. The van der Waals surface area contributed by atoms with E-state index in [1.54, 1.807) is 18.3 Å². The summed E-state index contributed by atoms with van der Waals surface area (Å²) in [6, 6.07) is 23.2. The van der Waals surface area contributed by atoms with Crippen LogP contribution in [0.3, 0.4) is 0 Å². The number of hydrogen-bond donors (Lipinski definition) is 0. The Morgan fingerprint density at radius 1 is 0.897 bits per heavy atom. The van der Waals surface area contributed by atoms with Crippen LogP contribution < -0.4 is 0 Å². The van der Waals surface area contributed by atoms with E-state index in [2.05, 4.69) is 23.2 Å². The van der Waals surface area contributed by atoms with Crippen molar-refractivity contribution in [2.45, 2.75) is 18.2 Å². The number of aryl methyl sites for hydroxylation is 1. The topological polar surface area (TPSA) is 60.2 Å². The van der Waals surface area contributed by atoms with Crippen LogP contribution in [0.5, 0.6) is 0 Å². The van der Waals surface area contributed by atoms with E-state index < -0.39 is 9.84 Å². The Bertz CT molecular complexity index is 1240. The van der Waals surface area contributed by atoms with Crippen molar-refractivity contribution in [1.29, 1.82) is 0 Å². The van der Waals surface area contributed by atoms with Gasteiger partial charge in [-0.2, -0.15) is 0 Å². The van der Waals surface area contributed by atoms with Crippen molar-refractivity contribution in [2.75, 3.05) is 6.26 Å². The summed E-state index contributed by atoms with van der Waals surface area (Å²) in [7, 11) is -3.19. The van der Waals surface area contributed by atoms with Gasteiger partial charge in [-0.3, -0.25) is 0 Å². The molecule has 5 heteroatoms. The van der Waals surface area contributed by atoms with E-state index in [0.29, 0.717) is 17.2 Å². The van der Waals surface area contributed by atoms with Crippen molar-refractivity contribution >= 4 is 9.84 Å². The molecule has 0 atom stereocenters. The van der Waals surface area contributed by atoms with Gasteiger partial charge in [0.2, 0.25) is 0 Å². The molecule has 0 spiro atoms. The molecule has 1 aromatic heterocycles. The molecule has 0 bridgehead atoms. The largest absolute Gasteiger partial charge is 0.440 e. The molecule has 0 aliphatic carbocycles. The molecule has 4 rings (SSSR count). The second-order valence-electron chi connectivity index (χ2n) is 7.11. The van der Waals surface area contributed by atoms with Gasteiger partial charge in [0.1, 0.15) is 0 Å². The van der Waals surface area contributed by atoms with E-state index in [1.165, 1.54) is 6.26 Å². The zero-order chi connectivity index (χ0) is 20.4. The first-order chi connectivity index (χ1) is 13.9. The third-order valence-electron chi connectivity index (χ3n) is 4.86. The Morgan fingerprint density at radius 2 is 1.59 bits per heavy atom. The zero-order valence-corrected chi connectivity index (χ0v) is 17.1. The first-order valence-corrected chi connectivity index (χ1v) is 11.2. The van der Waals surface area contributed by atoms with Gasteiger partial charge in [-0.15, -0.1) is 0 Å². The van der Waals surface area contributed by atoms with Gasteiger partial charge in [-0.1, -0.05) is 54.6 Å². The third-order valence-corrected chi connectivity index (χ3v) is 5.98. The van der Waals surface area contributed by atoms with Crippen molar-refractivity contribution in [2.24, 2.45) is 0 Å². The van der Waals surface area contributed by atoms with Crippen LogP contribution in [-0.2, 0) is 16.3 Å². The van der Waals surface area contributed by atoms with Gasteiger partial charge in [-0.05, 0) is 47.4 Å². The molecule has 1 heterocycles. The molecule has 4 aromatic rings. The lowest BCUT2D eigenvalue weighted by atomic mass is 9.98. The fourth-order valence-electron chi connectivity index (χ4n) is 3.32. The molecule has 0 aliphatic rings. The highest BCUT2D eigenvalue weighted by Gasteiger charge is 2.11. The Morgan fingerprint density at radius 3 is 2.24 bits per heavy atom. The first kappa shape index (κ1) is 19.2. The molecule has 0 amide bonds. The Labute approximate surface area is 170 Å². The molecular formula is C24H21NO3S. The molecule has 29 heavy (non-hydrogen) atoms. The summed E-state index contributed by atoms with van der Waals surface area (Å²) < 4.78 is 29.2. The minimum absolute atomic E-state index is 0.322. The Balaban J connectivity index is 1.58. The Kier molecular flexibility index (Phi) is 5.07. The van der Waals surface area contributed by atoms with E-state index in [0.717, 1.165) is 33.6 Å². The smallest absolute Gasteiger partial charge is 0.199 e. The van der Waals surface area contributed by atoms with E-state index in [-0.39, 0.29) is 0 Å². The molecule has 0 unspecified atom stereocenters. The lowest BCUT2D eigenvalue weighted by molar-refractivity contribution is 0.519. The zero-order valence-electron chi connectivity index (χ0n) is 16.3. The van der Waals surface area contributed by atoms with E-state index in [9.17, 15) is 8.42 Å². The predicted molar refractivity (Wildman–Crippen MR) is 114 cm³/mol. The van der Waals surface area contributed by atoms with Gasteiger partial charge in [0, 0.05) is 18.2 Å². The molecule has 0 saturated heterocycles. The molecule has 0 fully saturated rings. The summed E-state index contributed by atoms with van der Waals surface area (Å²) >= 11 is 0. The number of nitrogens with zero attached hydrogens (tertiary/aromatic N) is 1. The SMILES string of the molecule is Cc1cc(-c2cnc(Cc3ccccc3)o2)ccc1-c1ccc(S(C)(=O)=O)cc1. The first-order valence-electron chi connectivity index (χ1n) is 9.30. The number of aromatic nitrogens is 1. The van der Waals surface area contributed by atoms with Gasteiger partial charge in [0.25, 0.3) is 0 Å². The average molecular weight is 404 g/mol. The maximum Gasteiger partial charge on any atom is 0.199 e. The van der Waals surface area contributed by atoms with Gasteiger partial charge >= 0.3 is 0 Å². The quantitative estimate of drug-likeness (QED) is 0.453. The number of hydrogen-bond acceptors (Lipinski definition) is 4. The van der Waals surface area contributed by atoms with Crippen LogP contribution in [-0.4, -0.2) is 19.7 Å². The summed E-state index contributed by atoms with van der Waals surface area (Å²) in [5.74, 6) is 1.42. The fraction of sp³-hybridized carbons (Fsp3) is 0.125. The van der Waals surface area contributed by atoms with Crippen LogP contribution in [0.25, 0.3) is 22.5 Å². The van der Waals surface area contributed by atoms with Crippen LogP contribution >= 0.6 is 0 Å². The molecule has 0 radical (unpaired) electrons. The van der Waals surface area contributed by atoms with Crippen LogP contribution in [0.15, 0.2) is 88.3 Å². The maximum atomic E-state index is 11.7. The molecule has 0 saturated carbocycles. The maximum absolute atomic E-state index is 11.7. The summed E-state index contributed by atoms with van der Waals surface area (Å²) in [5, 5.41) is 0. The van der Waals surface area contributed by atoms with E-state index in [1.807, 2.05) is 49.4 Å². The predicted octanol–water partition coefficient (Wildman–Crippen LogP) is 5.31. The summed E-state index contributed by atoms with van der Waals surface area (Å²) in [6.07, 6.45) is 3.63. The highest BCUT2D eigenvalue weighted by atomic mass is 32.2. The number of sulfone groups is 1. The molecular weight excluding hydrogens is 382 g/mol. The van der Waals surface area contributed by atoms with Gasteiger partial charge < -0.3 is 4.42 Å². The van der Waals surface area contributed by atoms with Gasteiger partial charge in [0.05, 0.1) is 11.1 Å². The monoisotopic (exact) mass is 403 g/mol. The highest BCUT2D eigenvalue weighted by Crippen LogP contribution is 2.30. The summed E-state index contributed by atoms with van der Waals surface area (Å²) in [4.78, 5) is 4.73.